The minimum absolute atomic E-state index is 0.0226. The molecule has 0 saturated carbocycles. The highest BCUT2D eigenvalue weighted by Gasteiger charge is 2.15. The molecule has 1 aromatic carbocycles. The first-order chi connectivity index (χ1) is 9.70. The van der Waals surface area contributed by atoms with Crippen molar-refractivity contribution in [3.8, 4) is 0 Å². The van der Waals surface area contributed by atoms with Gasteiger partial charge in [0.25, 0.3) is 0 Å². The molecule has 0 aliphatic carbocycles. The monoisotopic (exact) mass is 273 g/mol. The minimum Gasteiger partial charge on any atom is -0.329 e. The molecule has 2 N–H and O–H groups in total. The Bertz CT molecular complexity index is 530. The Morgan fingerprint density at radius 2 is 2.10 bits per heavy atom. The number of hydrogen-bond donors (Lipinski definition) is 1. The first-order valence-corrected chi connectivity index (χ1v) is 6.76. The second-order valence-electron chi connectivity index (χ2n) is 4.86. The summed E-state index contributed by atoms with van der Waals surface area (Å²) < 4.78 is 13.3. The lowest BCUT2D eigenvalue weighted by atomic mass is 10.1. The average molecular weight is 273 g/mol. The van der Waals surface area contributed by atoms with Crippen LogP contribution in [0.15, 0.2) is 48.7 Å². The van der Waals surface area contributed by atoms with E-state index in [4.69, 9.17) is 5.73 Å². The standard InChI is InChI=1S/C16H20FN3/c1-20(10-8-15-7-2-3-9-19-15)16(12-18)13-5-4-6-14(17)11-13/h2-7,9,11,16H,8,10,12,18H2,1H3. The Morgan fingerprint density at radius 3 is 2.75 bits per heavy atom. The molecule has 1 aromatic heterocycles. The number of nitrogens with two attached hydrogens (primary N) is 1. The Labute approximate surface area is 119 Å². The number of rotatable bonds is 6. The molecule has 0 saturated heterocycles. The molecule has 0 fully saturated rings. The molecule has 0 radical (unpaired) electrons. The van der Waals surface area contributed by atoms with Gasteiger partial charge < -0.3 is 5.73 Å². The summed E-state index contributed by atoms with van der Waals surface area (Å²) >= 11 is 0. The maximum Gasteiger partial charge on any atom is 0.123 e. The predicted octanol–water partition coefficient (Wildman–Crippen LogP) is 2.40. The normalized spacial score (nSPS) is 12.6. The smallest absolute Gasteiger partial charge is 0.123 e. The average Bonchev–Trinajstić information content (AvgIpc) is 2.47. The van der Waals surface area contributed by atoms with Crippen LogP contribution in [0.3, 0.4) is 0 Å². The molecule has 1 atom stereocenters. The van der Waals surface area contributed by atoms with Crippen molar-refractivity contribution in [2.24, 2.45) is 5.73 Å². The first-order valence-electron chi connectivity index (χ1n) is 6.76. The Hall–Kier alpha value is -1.78. The van der Waals surface area contributed by atoms with Crippen LogP contribution >= 0.6 is 0 Å². The zero-order valence-electron chi connectivity index (χ0n) is 11.7. The van der Waals surface area contributed by atoms with E-state index in [1.807, 2.05) is 31.3 Å². The van der Waals surface area contributed by atoms with E-state index in [-0.39, 0.29) is 11.9 Å². The van der Waals surface area contributed by atoms with Gasteiger partial charge in [-0.1, -0.05) is 18.2 Å². The third kappa shape index (κ3) is 3.85. The lowest BCUT2D eigenvalue weighted by Gasteiger charge is -2.27. The molecule has 2 aromatic rings. The molecular weight excluding hydrogens is 253 g/mol. The fourth-order valence-electron chi connectivity index (χ4n) is 2.28. The van der Waals surface area contributed by atoms with Gasteiger partial charge in [-0.15, -0.1) is 0 Å². The maximum atomic E-state index is 13.3. The summed E-state index contributed by atoms with van der Waals surface area (Å²) in [6.45, 7) is 1.29. The Kier molecular flexibility index (Phi) is 5.21. The van der Waals surface area contributed by atoms with Gasteiger partial charge in [0.05, 0.1) is 0 Å². The lowest BCUT2D eigenvalue weighted by Crippen LogP contribution is -2.32. The number of likely N-dealkylation sites (N-methyl/N-ethyl adjacent to an activating group) is 1. The summed E-state index contributed by atoms with van der Waals surface area (Å²) in [5.74, 6) is -0.223. The van der Waals surface area contributed by atoms with E-state index >= 15 is 0 Å². The minimum atomic E-state index is -0.223. The highest BCUT2D eigenvalue weighted by Crippen LogP contribution is 2.19. The SMILES string of the molecule is CN(CCc1ccccn1)C(CN)c1cccc(F)c1. The topological polar surface area (TPSA) is 42.2 Å². The molecule has 4 heteroatoms. The summed E-state index contributed by atoms with van der Waals surface area (Å²) in [6, 6.07) is 12.6. The molecule has 3 nitrogen and oxygen atoms in total. The Morgan fingerprint density at radius 1 is 1.25 bits per heavy atom. The van der Waals surface area contributed by atoms with Crippen molar-refractivity contribution in [2.75, 3.05) is 20.1 Å². The first kappa shape index (κ1) is 14.6. The summed E-state index contributed by atoms with van der Waals surface area (Å²) in [5, 5.41) is 0. The van der Waals surface area contributed by atoms with Crippen LogP contribution in [-0.2, 0) is 6.42 Å². The third-order valence-corrected chi connectivity index (χ3v) is 3.44. The molecular formula is C16H20FN3. The van der Waals surface area contributed by atoms with E-state index in [9.17, 15) is 4.39 Å². The van der Waals surface area contributed by atoms with Crippen LogP contribution in [-0.4, -0.2) is 30.0 Å². The number of benzene rings is 1. The number of nitrogens with zero attached hydrogens (tertiary/aromatic N) is 2. The second kappa shape index (κ2) is 7.12. The van der Waals surface area contributed by atoms with Crippen molar-refractivity contribution in [1.29, 1.82) is 0 Å². The van der Waals surface area contributed by atoms with Gasteiger partial charge in [-0.2, -0.15) is 0 Å². The lowest BCUT2D eigenvalue weighted by molar-refractivity contribution is 0.252. The number of aromatic nitrogens is 1. The molecule has 0 amide bonds. The number of pyridine rings is 1. The molecule has 1 heterocycles. The highest BCUT2D eigenvalue weighted by molar-refractivity contribution is 5.20. The molecule has 1 unspecified atom stereocenters. The van der Waals surface area contributed by atoms with Crippen molar-refractivity contribution in [1.82, 2.24) is 9.88 Å². The number of halogens is 1. The van der Waals surface area contributed by atoms with Crippen molar-refractivity contribution in [3.63, 3.8) is 0 Å². The molecule has 0 aliphatic heterocycles. The van der Waals surface area contributed by atoms with E-state index < -0.39 is 0 Å². The van der Waals surface area contributed by atoms with Crippen molar-refractivity contribution >= 4 is 0 Å². The van der Waals surface area contributed by atoms with Crippen molar-refractivity contribution in [3.05, 3.63) is 65.7 Å². The predicted molar refractivity (Wildman–Crippen MR) is 78.8 cm³/mol. The molecule has 0 spiro atoms. The molecule has 20 heavy (non-hydrogen) atoms. The van der Waals surface area contributed by atoms with Gasteiger partial charge in [0, 0.05) is 37.4 Å². The fourth-order valence-corrected chi connectivity index (χ4v) is 2.28. The summed E-state index contributed by atoms with van der Waals surface area (Å²) in [6.07, 6.45) is 2.64. The molecule has 0 aliphatic rings. The van der Waals surface area contributed by atoms with E-state index in [1.165, 1.54) is 6.07 Å². The quantitative estimate of drug-likeness (QED) is 0.878. The van der Waals surface area contributed by atoms with Gasteiger partial charge >= 0.3 is 0 Å². The molecule has 0 bridgehead atoms. The van der Waals surface area contributed by atoms with Crippen LogP contribution in [0.1, 0.15) is 17.3 Å². The van der Waals surface area contributed by atoms with Crippen molar-refractivity contribution < 1.29 is 4.39 Å². The highest BCUT2D eigenvalue weighted by atomic mass is 19.1. The van der Waals surface area contributed by atoms with Crippen LogP contribution in [0.2, 0.25) is 0 Å². The zero-order valence-corrected chi connectivity index (χ0v) is 11.7. The largest absolute Gasteiger partial charge is 0.329 e. The van der Waals surface area contributed by atoms with Crippen LogP contribution in [0.25, 0.3) is 0 Å². The summed E-state index contributed by atoms with van der Waals surface area (Å²) in [4.78, 5) is 6.45. The van der Waals surface area contributed by atoms with Crippen molar-refractivity contribution in [2.45, 2.75) is 12.5 Å². The third-order valence-electron chi connectivity index (χ3n) is 3.44. The van der Waals surface area contributed by atoms with Gasteiger partial charge in [-0.25, -0.2) is 4.39 Å². The maximum absolute atomic E-state index is 13.3. The Balaban J connectivity index is 2.00. The van der Waals surface area contributed by atoms with Gasteiger partial charge in [0.1, 0.15) is 5.82 Å². The van der Waals surface area contributed by atoms with E-state index in [0.29, 0.717) is 6.54 Å². The van der Waals surface area contributed by atoms with Crippen LogP contribution in [0, 0.1) is 5.82 Å². The molecule has 106 valence electrons. The number of hydrogen-bond acceptors (Lipinski definition) is 3. The fraction of sp³-hybridized carbons (Fsp3) is 0.312. The second-order valence-corrected chi connectivity index (χ2v) is 4.86. The van der Waals surface area contributed by atoms with Gasteiger partial charge in [-0.05, 0) is 36.9 Å². The van der Waals surface area contributed by atoms with Crippen LogP contribution in [0.5, 0.6) is 0 Å². The van der Waals surface area contributed by atoms with E-state index in [1.54, 1.807) is 18.3 Å². The summed E-state index contributed by atoms with van der Waals surface area (Å²) in [5.41, 5.74) is 7.81. The zero-order chi connectivity index (χ0) is 14.4. The van der Waals surface area contributed by atoms with Crippen LogP contribution in [0.4, 0.5) is 4.39 Å². The van der Waals surface area contributed by atoms with Crippen LogP contribution < -0.4 is 5.73 Å². The molecule has 2 rings (SSSR count). The van der Waals surface area contributed by atoms with Gasteiger partial charge in [0.15, 0.2) is 0 Å². The van der Waals surface area contributed by atoms with Gasteiger partial charge in [-0.3, -0.25) is 9.88 Å². The van der Waals surface area contributed by atoms with E-state index in [2.05, 4.69) is 9.88 Å². The van der Waals surface area contributed by atoms with E-state index in [0.717, 1.165) is 24.2 Å². The van der Waals surface area contributed by atoms with Gasteiger partial charge in [0.2, 0.25) is 0 Å². The summed E-state index contributed by atoms with van der Waals surface area (Å²) in [7, 11) is 2.01.